The van der Waals surface area contributed by atoms with Crippen molar-refractivity contribution in [3.05, 3.63) is 35.9 Å². The van der Waals surface area contributed by atoms with E-state index in [-0.39, 0.29) is 6.10 Å². The minimum absolute atomic E-state index is 0.132. The molecule has 1 rings (SSSR count). The number of rotatable bonds is 14. The summed E-state index contributed by atoms with van der Waals surface area (Å²) < 4.78 is 5.91. The molecule has 0 aromatic heterocycles. The van der Waals surface area contributed by atoms with Gasteiger partial charge in [-0.15, -0.1) is 0 Å². The Kier molecular flexibility index (Phi) is 13.4. The van der Waals surface area contributed by atoms with Gasteiger partial charge >= 0.3 is 0 Å². The number of hydrogen-bond donors (Lipinski definition) is 2. The number of ether oxygens (including phenoxy) is 1. The van der Waals surface area contributed by atoms with Crippen molar-refractivity contribution in [1.29, 1.82) is 0 Å². The molecule has 0 radical (unpaired) electrons. The maximum absolute atomic E-state index is 5.91. The Labute approximate surface area is 166 Å². The van der Waals surface area contributed by atoms with Gasteiger partial charge in [-0.2, -0.15) is 0 Å². The Balaban J connectivity index is 2.19. The normalized spacial score (nSPS) is 13.0. The van der Waals surface area contributed by atoms with Gasteiger partial charge in [0.25, 0.3) is 0 Å². The molecule has 1 atom stereocenters. The highest BCUT2D eigenvalue weighted by Crippen LogP contribution is 2.15. The Bertz CT molecular complexity index is 488. The molecule has 0 spiro atoms. The van der Waals surface area contributed by atoms with E-state index in [0.29, 0.717) is 0 Å². The van der Waals surface area contributed by atoms with Crippen LogP contribution in [0.3, 0.4) is 0 Å². The summed E-state index contributed by atoms with van der Waals surface area (Å²) in [5.41, 5.74) is 1.22. The van der Waals surface area contributed by atoms with Crippen molar-refractivity contribution in [1.82, 2.24) is 15.5 Å². The first-order chi connectivity index (χ1) is 13.2. The van der Waals surface area contributed by atoms with E-state index in [1.54, 1.807) is 0 Å². The summed E-state index contributed by atoms with van der Waals surface area (Å²) >= 11 is 0. The molecule has 0 bridgehead atoms. The van der Waals surface area contributed by atoms with Crippen molar-refractivity contribution in [3.8, 4) is 0 Å². The number of unbranched alkanes of at least 4 members (excludes halogenated alkanes) is 1. The number of hydrogen-bond acceptors (Lipinski definition) is 3. The zero-order valence-electron chi connectivity index (χ0n) is 17.8. The fourth-order valence-corrected chi connectivity index (χ4v) is 2.88. The van der Waals surface area contributed by atoms with Crippen LogP contribution in [-0.4, -0.2) is 56.7 Å². The smallest absolute Gasteiger partial charge is 0.191 e. The molecule has 154 valence electrons. The number of benzene rings is 1. The lowest BCUT2D eigenvalue weighted by molar-refractivity contribution is 0.0652. The monoisotopic (exact) mass is 376 g/mol. The molecule has 0 heterocycles. The minimum Gasteiger partial charge on any atom is -0.374 e. The number of aliphatic imine (C=N–C) groups is 1. The fourth-order valence-electron chi connectivity index (χ4n) is 2.88. The van der Waals surface area contributed by atoms with Crippen LogP contribution in [0.15, 0.2) is 35.3 Å². The Morgan fingerprint density at radius 3 is 2.44 bits per heavy atom. The van der Waals surface area contributed by atoms with Crippen molar-refractivity contribution in [3.63, 3.8) is 0 Å². The molecule has 0 saturated carbocycles. The molecule has 0 aliphatic rings. The van der Waals surface area contributed by atoms with E-state index in [4.69, 9.17) is 4.74 Å². The third kappa shape index (κ3) is 11.0. The summed E-state index contributed by atoms with van der Waals surface area (Å²) in [5, 5.41) is 6.75. The van der Waals surface area contributed by atoms with Crippen LogP contribution in [0.4, 0.5) is 0 Å². The van der Waals surface area contributed by atoms with Crippen molar-refractivity contribution < 1.29 is 4.74 Å². The van der Waals surface area contributed by atoms with Gasteiger partial charge in [0.05, 0.1) is 6.10 Å². The zero-order chi connectivity index (χ0) is 19.7. The summed E-state index contributed by atoms with van der Waals surface area (Å²) in [6, 6.07) is 10.3. The number of guanidine groups is 1. The molecule has 0 fully saturated rings. The van der Waals surface area contributed by atoms with E-state index >= 15 is 0 Å². The molecular weight excluding hydrogens is 336 g/mol. The lowest BCUT2D eigenvalue weighted by Crippen LogP contribution is -2.38. The fraction of sp³-hybridized carbons (Fsp3) is 0.682. The lowest BCUT2D eigenvalue weighted by atomic mass is 10.1. The molecule has 0 aliphatic carbocycles. The van der Waals surface area contributed by atoms with E-state index in [1.807, 2.05) is 6.07 Å². The zero-order valence-corrected chi connectivity index (χ0v) is 17.8. The van der Waals surface area contributed by atoms with Crippen LogP contribution in [0.25, 0.3) is 0 Å². The molecule has 0 amide bonds. The highest BCUT2D eigenvalue weighted by molar-refractivity contribution is 5.79. The first-order valence-corrected chi connectivity index (χ1v) is 10.6. The van der Waals surface area contributed by atoms with Gasteiger partial charge < -0.3 is 20.3 Å². The quantitative estimate of drug-likeness (QED) is 0.294. The van der Waals surface area contributed by atoms with Gasteiger partial charge in [0.2, 0.25) is 0 Å². The van der Waals surface area contributed by atoms with Crippen LogP contribution in [0, 0.1) is 0 Å². The molecule has 0 aliphatic heterocycles. The first kappa shape index (κ1) is 23.4. The van der Waals surface area contributed by atoms with Crippen LogP contribution < -0.4 is 10.6 Å². The third-order valence-corrected chi connectivity index (χ3v) is 4.64. The Morgan fingerprint density at radius 1 is 1.04 bits per heavy atom. The van der Waals surface area contributed by atoms with Gasteiger partial charge in [0, 0.05) is 26.2 Å². The van der Waals surface area contributed by atoms with Gasteiger partial charge in [0.15, 0.2) is 5.96 Å². The second-order valence-electron chi connectivity index (χ2n) is 6.70. The average Bonchev–Trinajstić information content (AvgIpc) is 2.70. The summed E-state index contributed by atoms with van der Waals surface area (Å²) in [6.07, 6.45) is 3.44. The Hall–Kier alpha value is -1.59. The second-order valence-corrected chi connectivity index (χ2v) is 6.70. The molecule has 27 heavy (non-hydrogen) atoms. The topological polar surface area (TPSA) is 48.9 Å². The SMILES string of the molecule is CCNC(=NCCCOC(C)c1ccccc1)NCCCCN(CC)CC. The van der Waals surface area contributed by atoms with Crippen LogP contribution in [-0.2, 0) is 4.74 Å². The number of nitrogens with one attached hydrogen (secondary N) is 2. The largest absolute Gasteiger partial charge is 0.374 e. The molecule has 1 unspecified atom stereocenters. The van der Waals surface area contributed by atoms with Crippen LogP contribution in [0.2, 0.25) is 0 Å². The van der Waals surface area contributed by atoms with E-state index in [1.165, 1.54) is 24.9 Å². The summed E-state index contributed by atoms with van der Waals surface area (Å²) in [4.78, 5) is 7.12. The summed E-state index contributed by atoms with van der Waals surface area (Å²) in [6.45, 7) is 15.5. The Morgan fingerprint density at radius 2 is 1.78 bits per heavy atom. The van der Waals surface area contributed by atoms with Gasteiger partial charge in [-0.1, -0.05) is 44.2 Å². The molecule has 0 saturated heterocycles. The average molecular weight is 377 g/mol. The van der Waals surface area contributed by atoms with Crippen LogP contribution >= 0.6 is 0 Å². The first-order valence-electron chi connectivity index (χ1n) is 10.6. The second kappa shape index (κ2) is 15.5. The van der Waals surface area contributed by atoms with Crippen molar-refractivity contribution >= 4 is 5.96 Å². The lowest BCUT2D eigenvalue weighted by Gasteiger charge is -2.18. The van der Waals surface area contributed by atoms with Crippen molar-refractivity contribution in [2.75, 3.05) is 45.9 Å². The van der Waals surface area contributed by atoms with Crippen LogP contribution in [0.1, 0.15) is 58.6 Å². The molecule has 1 aromatic carbocycles. The van der Waals surface area contributed by atoms with E-state index < -0.39 is 0 Å². The summed E-state index contributed by atoms with van der Waals surface area (Å²) in [7, 11) is 0. The predicted molar refractivity (Wildman–Crippen MR) is 116 cm³/mol. The molecule has 5 nitrogen and oxygen atoms in total. The molecular formula is C22H40N4O. The highest BCUT2D eigenvalue weighted by atomic mass is 16.5. The minimum atomic E-state index is 0.132. The van der Waals surface area contributed by atoms with Crippen molar-refractivity contribution in [2.24, 2.45) is 4.99 Å². The van der Waals surface area contributed by atoms with Crippen molar-refractivity contribution in [2.45, 2.75) is 53.1 Å². The van der Waals surface area contributed by atoms with Gasteiger partial charge in [0.1, 0.15) is 0 Å². The van der Waals surface area contributed by atoms with E-state index in [0.717, 1.165) is 51.7 Å². The standard InChI is InChI=1S/C22H40N4O/c1-5-23-22(24-16-11-12-18-26(6-2)7-3)25-17-13-19-27-20(4)21-14-9-8-10-15-21/h8-10,14-15,20H,5-7,11-13,16-19H2,1-4H3,(H2,23,24,25). The van der Waals surface area contributed by atoms with Gasteiger partial charge in [-0.25, -0.2) is 0 Å². The van der Waals surface area contributed by atoms with E-state index in [9.17, 15) is 0 Å². The van der Waals surface area contributed by atoms with Crippen LogP contribution in [0.5, 0.6) is 0 Å². The molecule has 1 aromatic rings. The maximum atomic E-state index is 5.91. The third-order valence-electron chi connectivity index (χ3n) is 4.64. The predicted octanol–water partition coefficient (Wildman–Crippen LogP) is 3.83. The highest BCUT2D eigenvalue weighted by Gasteiger charge is 2.04. The molecule has 2 N–H and O–H groups in total. The number of nitrogens with zero attached hydrogens (tertiary/aromatic N) is 2. The van der Waals surface area contributed by atoms with Gasteiger partial charge in [-0.3, -0.25) is 4.99 Å². The van der Waals surface area contributed by atoms with E-state index in [2.05, 4.69) is 72.5 Å². The summed E-state index contributed by atoms with van der Waals surface area (Å²) in [5.74, 6) is 0.913. The maximum Gasteiger partial charge on any atom is 0.191 e. The molecule has 5 heteroatoms. The van der Waals surface area contributed by atoms with Gasteiger partial charge in [-0.05, 0) is 58.3 Å².